The summed E-state index contributed by atoms with van der Waals surface area (Å²) in [6, 6.07) is 6.63. The molecule has 0 radical (unpaired) electrons. The third-order valence-electron chi connectivity index (χ3n) is 4.32. The number of benzene rings is 1. The van der Waals surface area contributed by atoms with E-state index < -0.39 is 0 Å². The molecule has 2 unspecified atom stereocenters. The number of hydrogen-bond acceptors (Lipinski definition) is 1. The van der Waals surface area contributed by atoms with Gasteiger partial charge in [-0.2, -0.15) is 0 Å². The zero-order chi connectivity index (χ0) is 10.5. The van der Waals surface area contributed by atoms with E-state index in [-0.39, 0.29) is 0 Å². The van der Waals surface area contributed by atoms with E-state index in [4.69, 9.17) is 4.74 Å². The van der Waals surface area contributed by atoms with E-state index >= 15 is 0 Å². The quantitative estimate of drug-likeness (QED) is 0.679. The molecule has 0 amide bonds. The van der Waals surface area contributed by atoms with Gasteiger partial charge in [0.05, 0.1) is 7.11 Å². The number of fused-ring (bicyclic) bond motifs is 4. The number of ether oxygens (including phenoxy) is 1. The highest BCUT2D eigenvalue weighted by Crippen LogP contribution is 2.51. The van der Waals surface area contributed by atoms with Gasteiger partial charge in [0.25, 0.3) is 0 Å². The van der Waals surface area contributed by atoms with E-state index in [2.05, 4.69) is 25.1 Å². The lowest BCUT2D eigenvalue weighted by atomic mass is 9.73. The minimum Gasteiger partial charge on any atom is -0.497 e. The molecule has 0 saturated heterocycles. The first-order valence-corrected chi connectivity index (χ1v) is 5.89. The molecule has 2 aliphatic carbocycles. The number of rotatable bonds is 1. The second-order valence-electron chi connectivity index (χ2n) is 5.40. The predicted molar refractivity (Wildman–Crippen MR) is 61.4 cm³/mol. The Balaban J connectivity index is 2.13. The van der Waals surface area contributed by atoms with Crippen LogP contribution in [0.4, 0.5) is 0 Å². The van der Waals surface area contributed by atoms with Gasteiger partial charge in [-0.25, -0.2) is 0 Å². The van der Waals surface area contributed by atoms with Gasteiger partial charge in [-0.15, -0.1) is 0 Å². The fourth-order valence-corrected chi connectivity index (χ4v) is 3.52. The van der Waals surface area contributed by atoms with Gasteiger partial charge in [0, 0.05) is 0 Å². The maximum absolute atomic E-state index is 5.33. The van der Waals surface area contributed by atoms with Crippen molar-refractivity contribution < 1.29 is 4.74 Å². The van der Waals surface area contributed by atoms with Gasteiger partial charge in [-0.3, -0.25) is 0 Å². The maximum atomic E-state index is 5.33. The van der Waals surface area contributed by atoms with Crippen LogP contribution in [0.25, 0.3) is 0 Å². The Morgan fingerprint density at radius 3 is 3.07 bits per heavy atom. The lowest BCUT2D eigenvalue weighted by Crippen LogP contribution is -2.24. The van der Waals surface area contributed by atoms with Crippen molar-refractivity contribution in [1.82, 2.24) is 0 Å². The highest BCUT2D eigenvalue weighted by molar-refractivity contribution is 5.43. The maximum Gasteiger partial charge on any atom is 0.119 e. The largest absolute Gasteiger partial charge is 0.497 e. The zero-order valence-electron chi connectivity index (χ0n) is 9.55. The van der Waals surface area contributed by atoms with Crippen LogP contribution in [0, 0.1) is 5.92 Å². The molecule has 2 bridgehead atoms. The van der Waals surface area contributed by atoms with Gasteiger partial charge in [0.2, 0.25) is 0 Å². The Hall–Kier alpha value is -0.980. The molecule has 1 aromatic carbocycles. The highest BCUT2D eigenvalue weighted by Gasteiger charge is 2.41. The molecular formula is C14H18O. The molecule has 0 aliphatic heterocycles. The van der Waals surface area contributed by atoms with Crippen molar-refractivity contribution in [2.45, 2.75) is 38.0 Å². The minimum atomic E-state index is 0.437. The predicted octanol–water partition coefficient (Wildman–Crippen LogP) is 3.31. The number of methoxy groups -OCH3 is 1. The first kappa shape index (κ1) is 9.26. The third-order valence-corrected chi connectivity index (χ3v) is 4.32. The fraction of sp³-hybridized carbons (Fsp3) is 0.571. The summed E-state index contributed by atoms with van der Waals surface area (Å²) in [4.78, 5) is 0. The molecule has 80 valence electrons. The second kappa shape index (κ2) is 3.01. The molecule has 1 heteroatoms. The Morgan fingerprint density at radius 1 is 1.40 bits per heavy atom. The average Bonchev–Trinajstić information content (AvgIpc) is 2.56. The van der Waals surface area contributed by atoms with E-state index in [1.807, 2.05) is 0 Å². The molecular weight excluding hydrogens is 184 g/mol. The summed E-state index contributed by atoms with van der Waals surface area (Å²) in [5, 5.41) is 0. The summed E-state index contributed by atoms with van der Waals surface area (Å²) in [6.45, 7) is 2.42. The van der Waals surface area contributed by atoms with Crippen LogP contribution in [0.1, 0.15) is 37.3 Å². The Labute approximate surface area is 91.5 Å². The van der Waals surface area contributed by atoms with Crippen LogP contribution < -0.4 is 4.74 Å². The number of hydrogen-bond donors (Lipinski definition) is 0. The van der Waals surface area contributed by atoms with Crippen molar-refractivity contribution in [2.75, 3.05) is 7.11 Å². The topological polar surface area (TPSA) is 9.23 Å². The van der Waals surface area contributed by atoms with Crippen LogP contribution in [0.5, 0.6) is 5.75 Å². The average molecular weight is 202 g/mol. The first-order valence-electron chi connectivity index (χ1n) is 5.89. The van der Waals surface area contributed by atoms with Crippen molar-refractivity contribution in [3.63, 3.8) is 0 Å². The molecule has 15 heavy (non-hydrogen) atoms. The summed E-state index contributed by atoms with van der Waals surface area (Å²) in [5.74, 6) is 1.95. The van der Waals surface area contributed by atoms with E-state index in [0.717, 1.165) is 11.7 Å². The molecule has 0 spiro atoms. The molecule has 0 N–H and O–H groups in total. The Kier molecular flexibility index (Phi) is 1.86. The molecule has 1 fully saturated rings. The lowest BCUT2D eigenvalue weighted by molar-refractivity contribution is 0.397. The van der Waals surface area contributed by atoms with Crippen molar-refractivity contribution >= 4 is 0 Å². The third kappa shape index (κ3) is 1.29. The summed E-state index contributed by atoms with van der Waals surface area (Å²) >= 11 is 0. The van der Waals surface area contributed by atoms with Crippen LogP contribution in [0.15, 0.2) is 18.2 Å². The van der Waals surface area contributed by atoms with Gasteiger partial charge < -0.3 is 4.74 Å². The van der Waals surface area contributed by atoms with Crippen molar-refractivity contribution in [1.29, 1.82) is 0 Å². The van der Waals surface area contributed by atoms with E-state index in [1.165, 1.54) is 25.7 Å². The van der Waals surface area contributed by atoms with Gasteiger partial charge >= 0.3 is 0 Å². The van der Waals surface area contributed by atoms with Crippen LogP contribution in [-0.4, -0.2) is 7.11 Å². The fourth-order valence-electron chi connectivity index (χ4n) is 3.52. The van der Waals surface area contributed by atoms with Crippen molar-refractivity contribution in [2.24, 2.45) is 5.92 Å². The Bertz CT molecular complexity index is 396. The first-order chi connectivity index (χ1) is 7.21. The van der Waals surface area contributed by atoms with Crippen LogP contribution in [0.3, 0.4) is 0 Å². The molecule has 2 aliphatic rings. The van der Waals surface area contributed by atoms with Gasteiger partial charge in [-0.1, -0.05) is 13.0 Å². The summed E-state index contributed by atoms with van der Waals surface area (Å²) in [5.41, 5.74) is 3.55. The molecule has 1 saturated carbocycles. The van der Waals surface area contributed by atoms with Gasteiger partial charge in [0.15, 0.2) is 0 Å². The normalized spacial score (nSPS) is 32.5. The van der Waals surface area contributed by atoms with Crippen LogP contribution >= 0.6 is 0 Å². The van der Waals surface area contributed by atoms with Gasteiger partial charge in [0.1, 0.15) is 5.75 Å². The van der Waals surface area contributed by atoms with Crippen LogP contribution in [0.2, 0.25) is 0 Å². The Morgan fingerprint density at radius 2 is 2.27 bits per heavy atom. The minimum absolute atomic E-state index is 0.437. The lowest BCUT2D eigenvalue weighted by Gasteiger charge is -2.32. The molecule has 1 nitrogen and oxygen atoms in total. The zero-order valence-corrected chi connectivity index (χ0v) is 9.55. The van der Waals surface area contributed by atoms with Gasteiger partial charge in [-0.05, 0) is 60.3 Å². The highest BCUT2D eigenvalue weighted by atomic mass is 16.5. The summed E-state index contributed by atoms with van der Waals surface area (Å²) in [6.07, 6.45) is 5.44. The van der Waals surface area contributed by atoms with Crippen molar-refractivity contribution in [3.8, 4) is 5.75 Å². The molecule has 0 aromatic heterocycles. The van der Waals surface area contributed by atoms with Crippen molar-refractivity contribution in [3.05, 3.63) is 29.3 Å². The summed E-state index contributed by atoms with van der Waals surface area (Å²) in [7, 11) is 1.75. The standard InChI is InChI=1S/C14H18O/c1-14-6-5-10(9-14)7-11-3-4-12(15-2)8-13(11)14/h3-4,8,10H,5-7,9H2,1-2H3. The SMILES string of the molecule is COc1ccc2c(c1)C1(C)CCC(C2)C1. The monoisotopic (exact) mass is 202 g/mol. The smallest absolute Gasteiger partial charge is 0.119 e. The van der Waals surface area contributed by atoms with E-state index in [0.29, 0.717) is 5.41 Å². The van der Waals surface area contributed by atoms with E-state index in [1.54, 1.807) is 18.2 Å². The molecule has 1 aromatic rings. The van der Waals surface area contributed by atoms with Crippen LogP contribution in [-0.2, 0) is 11.8 Å². The molecule has 0 heterocycles. The molecule has 3 rings (SSSR count). The molecule has 2 atom stereocenters. The second-order valence-corrected chi connectivity index (χ2v) is 5.40. The van der Waals surface area contributed by atoms with E-state index in [9.17, 15) is 0 Å². The summed E-state index contributed by atoms with van der Waals surface area (Å²) < 4.78 is 5.33.